The van der Waals surface area contributed by atoms with Crippen molar-refractivity contribution in [3.63, 3.8) is 0 Å². The Kier molecular flexibility index (Phi) is 2.15. The minimum atomic E-state index is 0.0607. The monoisotopic (exact) mass is 127 g/mol. The van der Waals surface area contributed by atoms with Gasteiger partial charge in [-0.15, -0.1) is 0 Å². The van der Waals surface area contributed by atoms with Gasteiger partial charge in [-0.1, -0.05) is 0 Å². The topological polar surface area (TPSA) is 45.2 Å². The molecule has 0 aliphatic carbocycles. The molecule has 3 heteroatoms. The summed E-state index contributed by atoms with van der Waals surface area (Å²) in [6, 6.07) is 1.80. The van der Waals surface area contributed by atoms with Gasteiger partial charge in [-0.2, -0.15) is 0 Å². The molecule has 0 spiro atoms. The minimum absolute atomic E-state index is 0.0607. The number of aliphatic hydroxyl groups is 1. The molecule has 0 amide bonds. The molecular weight excluding hydrogens is 118 g/mol. The maximum Gasteiger partial charge on any atom is 0.136 e. The van der Waals surface area contributed by atoms with Gasteiger partial charge < -0.3 is 14.8 Å². The highest BCUT2D eigenvalue weighted by Gasteiger charge is 1.88. The van der Waals surface area contributed by atoms with E-state index < -0.39 is 0 Å². The van der Waals surface area contributed by atoms with Crippen molar-refractivity contribution in [3.05, 3.63) is 18.5 Å². The number of rotatable bonds is 3. The van der Waals surface area contributed by atoms with Crippen molar-refractivity contribution in [1.82, 2.24) is 4.98 Å². The van der Waals surface area contributed by atoms with Crippen LogP contribution < -0.4 is 4.74 Å². The number of hydrogen-bond donors (Lipinski definition) is 2. The van der Waals surface area contributed by atoms with E-state index in [0.29, 0.717) is 6.61 Å². The van der Waals surface area contributed by atoms with Crippen LogP contribution in [0, 0.1) is 0 Å². The summed E-state index contributed by atoms with van der Waals surface area (Å²) in [4.78, 5) is 2.83. The second-order valence-electron chi connectivity index (χ2n) is 1.62. The lowest BCUT2D eigenvalue weighted by molar-refractivity contribution is 0.201. The predicted molar refractivity (Wildman–Crippen MR) is 33.4 cm³/mol. The molecule has 9 heavy (non-hydrogen) atoms. The summed E-state index contributed by atoms with van der Waals surface area (Å²) in [5.74, 6) is 0.768. The van der Waals surface area contributed by atoms with E-state index in [9.17, 15) is 0 Å². The number of aliphatic hydroxyl groups excluding tert-OH is 1. The highest BCUT2D eigenvalue weighted by molar-refractivity contribution is 5.15. The molecule has 0 saturated carbocycles. The standard InChI is InChI=1S/C6H9NO2/c8-3-4-9-6-1-2-7-5-6/h1-2,5,7-8H,3-4H2. The Morgan fingerprint density at radius 3 is 3.11 bits per heavy atom. The van der Waals surface area contributed by atoms with Gasteiger partial charge in [0, 0.05) is 12.4 Å². The van der Waals surface area contributed by atoms with Crippen LogP contribution in [0.3, 0.4) is 0 Å². The van der Waals surface area contributed by atoms with Gasteiger partial charge in [0.1, 0.15) is 12.4 Å². The zero-order valence-corrected chi connectivity index (χ0v) is 5.00. The maximum absolute atomic E-state index is 8.33. The first-order valence-corrected chi connectivity index (χ1v) is 2.80. The van der Waals surface area contributed by atoms with E-state index in [2.05, 4.69) is 4.98 Å². The number of hydrogen-bond acceptors (Lipinski definition) is 2. The van der Waals surface area contributed by atoms with E-state index in [4.69, 9.17) is 9.84 Å². The molecule has 1 rings (SSSR count). The quantitative estimate of drug-likeness (QED) is 0.616. The Labute approximate surface area is 53.3 Å². The zero-order chi connectivity index (χ0) is 6.53. The van der Waals surface area contributed by atoms with Gasteiger partial charge >= 0.3 is 0 Å². The van der Waals surface area contributed by atoms with E-state index in [1.807, 2.05) is 0 Å². The van der Waals surface area contributed by atoms with Crippen LogP contribution in [0.1, 0.15) is 0 Å². The predicted octanol–water partition coefficient (Wildman–Crippen LogP) is 0.386. The maximum atomic E-state index is 8.33. The van der Waals surface area contributed by atoms with Crippen molar-refractivity contribution in [2.24, 2.45) is 0 Å². The van der Waals surface area contributed by atoms with Gasteiger partial charge in [0.25, 0.3) is 0 Å². The first kappa shape index (κ1) is 6.16. The summed E-state index contributed by atoms with van der Waals surface area (Å²) >= 11 is 0. The van der Waals surface area contributed by atoms with Crippen LogP contribution >= 0.6 is 0 Å². The fourth-order valence-corrected chi connectivity index (χ4v) is 0.562. The molecule has 0 aliphatic heterocycles. The molecule has 50 valence electrons. The molecule has 0 fully saturated rings. The van der Waals surface area contributed by atoms with Crippen LogP contribution in [-0.2, 0) is 0 Å². The number of H-pyrrole nitrogens is 1. The fraction of sp³-hybridized carbons (Fsp3) is 0.333. The zero-order valence-electron chi connectivity index (χ0n) is 5.00. The molecule has 2 N–H and O–H groups in total. The van der Waals surface area contributed by atoms with Crippen LogP contribution in [0.2, 0.25) is 0 Å². The first-order valence-electron chi connectivity index (χ1n) is 2.80. The molecule has 0 aromatic carbocycles. The van der Waals surface area contributed by atoms with Crippen LogP contribution in [0.5, 0.6) is 5.75 Å². The second kappa shape index (κ2) is 3.14. The minimum Gasteiger partial charge on any atom is -0.490 e. The Morgan fingerprint density at radius 1 is 1.67 bits per heavy atom. The normalized spacial score (nSPS) is 9.44. The molecule has 1 heterocycles. The third-order valence-electron chi connectivity index (χ3n) is 0.929. The SMILES string of the molecule is OCCOc1cc[nH]c1. The van der Waals surface area contributed by atoms with Crippen LogP contribution in [0.15, 0.2) is 18.5 Å². The molecule has 0 saturated heterocycles. The van der Waals surface area contributed by atoms with Gasteiger partial charge in [0.15, 0.2) is 0 Å². The van der Waals surface area contributed by atoms with E-state index in [1.54, 1.807) is 18.5 Å². The summed E-state index contributed by atoms with van der Waals surface area (Å²) in [7, 11) is 0. The Balaban J connectivity index is 2.30. The molecule has 0 unspecified atom stereocenters. The smallest absolute Gasteiger partial charge is 0.136 e. The Bertz CT molecular complexity index is 148. The summed E-state index contributed by atoms with van der Waals surface area (Å²) < 4.78 is 5.01. The number of ether oxygens (including phenoxy) is 1. The molecule has 0 radical (unpaired) electrons. The van der Waals surface area contributed by atoms with Gasteiger partial charge in [0.2, 0.25) is 0 Å². The van der Waals surface area contributed by atoms with Crippen molar-refractivity contribution in [2.45, 2.75) is 0 Å². The van der Waals surface area contributed by atoms with Crippen molar-refractivity contribution in [2.75, 3.05) is 13.2 Å². The fourth-order valence-electron chi connectivity index (χ4n) is 0.562. The lowest BCUT2D eigenvalue weighted by atomic mass is 10.6. The summed E-state index contributed by atoms with van der Waals surface area (Å²) in [6.45, 7) is 0.420. The van der Waals surface area contributed by atoms with Gasteiger partial charge in [-0.3, -0.25) is 0 Å². The number of aromatic amines is 1. The second-order valence-corrected chi connectivity index (χ2v) is 1.62. The molecule has 3 nitrogen and oxygen atoms in total. The van der Waals surface area contributed by atoms with Crippen molar-refractivity contribution < 1.29 is 9.84 Å². The van der Waals surface area contributed by atoms with Crippen molar-refractivity contribution >= 4 is 0 Å². The van der Waals surface area contributed by atoms with E-state index in [0.717, 1.165) is 5.75 Å². The molecule has 1 aromatic heterocycles. The largest absolute Gasteiger partial charge is 0.490 e. The molecule has 0 aliphatic rings. The van der Waals surface area contributed by atoms with Crippen molar-refractivity contribution in [1.29, 1.82) is 0 Å². The highest BCUT2D eigenvalue weighted by Crippen LogP contribution is 2.05. The van der Waals surface area contributed by atoms with Crippen LogP contribution in [0.25, 0.3) is 0 Å². The first-order chi connectivity index (χ1) is 4.43. The molecule has 0 bridgehead atoms. The summed E-state index contributed by atoms with van der Waals surface area (Å²) in [5, 5.41) is 8.33. The lowest BCUT2D eigenvalue weighted by Crippen LogP contribution is -2.00. The number of nitrogens with one attached hydrogen (secondary N) is 1. The average Bonchev–Trinajstić information content (AvgIpc) is 2.34. The van der Waals surface area contributed by atoms with Gasteiger partial charge in [-0.05, 0) is 6.07 Å². The van der Waals surface area contributed by atoms with Crippen LogP contribution in [0.4, 0.5) is 0 Å². The van der Waals surface area contributed by atoms with Gasteiger partial charge in [-0.25, -0.2) is 0 Å². The lowest BCUT2D eigenvalue weighted by Gasteiger charge is -1.97. The summed E-state index contributed by atoms with van der Waals surface area (Å²) in [5.41, 5.74) is 0. The van der Waals surface area contributed by atoms with E-state index in [1.165, 1.54) is 0 Å². The highest BCUT2D eigenvalue weighted by atomic mass is 16.5. The van der Waals surface area contributed by atoms with Crippen molar-refractivity contribution in [3.8, 4) is 5.75 Å². The molecular formula is C6H9NO2. The van der Waals surface area contributed by atoms with Crippen LogP contribution in [-0.4, -0.2) is 23.3 Å². The van der Waals surface area contributed by atoms with E-state index >= 15 is 0 Å². The Morgan fingerprint density at radius 2 is 2.56 bits per heavy atom. The van der Waals surface area contributed by atoms with Gasteiger partial charge in [0.05, 0.1) is 6.61 Å². The molecule has 0 atom stereocenters. The third kappa shape index (κ3) is 1.77. The number of aromatic nitrogens is 1. The molecule has 1 aromatic rings. The van der Waals surface area contributed by atoms with E-state index in [-0.39, 0.29) is 6.61 Å². The average molecular weight is 127 g/mol. The Hall–Kier alpha value is -0.960. The third-order valence-corrected chi connectivity index (χ3v) is 0.929. The summed E-state index contributed by atoms with van der Waals surface area (Å²) in [6.07, 6.45) is 3.50.